The van der Waals surface area contributed by atoms with E-state index in [9.17, 15) is 13.0 Å². The van der Waals surface area contributed by atoms with Crippen LogP contribution in [0.1, 0.15) is 32.6 Å². The molecule has 2 rings (SSSR count). The summed E-state index contributed by atoms with van der Waals surface area (Å²) in [5, 5.41) is 0. The minimum absolute atomic E-state index is 0.0822. The zero-order valence-electron chi connectivity index (χ0n) is 11.9. The molecule has 0 bridgehead atoms. The first-order chi connectivity index (χ1) is 9.47. The number of ether oxygens (including phenoxy) is 1. The topological polar surface area (TPSA) is 70.3 Å². The smallest absolute Gasteiger partial charge is 0.172 e. The van der Waals surface area contributed by atoms with Crippen LogP contribution in [0.3, 0.4) is 0 Å². The van der Waals surface area contributed by atoms with E-state index in [0.717, 1.165) is 31.6 Å². The second-order valence-corrected chi connectivity index (χ2v) is 5.87. The van der Waals surface area contributed by atoms with Crippen LogP contribution in [0, 0.1) is 0 Å². The number of hydrogen-bond donors (Lipinski definition) is 0. The molecular formula is C14H21NO4S. The van der Waals surface area contributed by atoms with Gasteiger partial charge in [-0.3, -0.25) is 0 Å². The summed E-state index contributed by atoms with van der Waals surface area (Å²) in [6.07, 6.45) is 8.53. The van der Waals surface area contributed by atoms with Gasteiger partial charge in [-0.25, -0.2) is 13.0 Å². The fourth-order valence-electron chi connectivity index (χ4n) is 1.83. The molecule has 1 aromatic rings. The van der Waals surface area contributed by atoms with Gasteiger partial charge in [0, 0.05) is 17.0 Å². The first-order valence-electron chi connectivity index (χ1n) is 6.65. The lowest BCUT2D eigenvalue weighted by Gasteiger charge is -2.15. The summed E-state index contributed by atoms with van der Waals surface area (Å²) < 4.78 is 38.2. The predicted molar refractivity (Wildman–Crippen MR) is 75.1 cm³/mol. The van der Waals surface area contributed by atoms with E-state index in [2.05, 4.69) is 11.5 Å². The maximum atomic E-state index is 10.4. The van der Waals surface area contributed by atoms with Crippen molar-refractivity contribution in [3.63, 3.8) is 0 Å². The molecule has 0 aliphatic heterocycles. The number of allylic oxidation sites excluding steroid dienone is 2. The Morgan fingerprint density at radius 3 is 2.30 bits per heavy atom. The van der Waals surface area contributed by atoms with Crippen molar-refractivity contribution < 1.29 is 22.3 Å². The van der Waals surface area contributed by atoms with E-state index in [1.165, 1.54) is 6.08 Å². The van der Waals surface area contributed by atoms with Crippen LogP contribution in [0.25, 0.3) is 0 Å². The lowest BCUT2D eigenvalue weighted by Crippen LogP contribution is -2.30. The summed E-state index contributed by atoms with van der Waals surface area (Å²) in [5.41, 5.74) is 0. The van der Waals surface area contributed by atoms with E-state index in [1.807, 2.05) is 24.5 Å². The monoisotopic (exact) mass is 299 g/mol. The molecule has 112 valence electrons. The molecule has 0 spiro atoms. The van der Waals surface area contributed by atoms with Crippen LogP contribution >= 0.6 is 0 Å². The molecule has 0 N–H and O–H groups in total. The molecule has 5 nitrogen and oxygen atoms in total. The summed E-state index contributed by atoms with van der Waals surface area (Å²) in [4.78, 5) is 0.0822. The van der Waals surface area contributed by atoms with Gasteiger partial charge in [-0.2, -0.15) is 0 Å². The summed E-state index contributed by atoms with van der Waals surface area (Å²) >= 11 is 0. The Kier molecular flexibility index (Phi) is 6.67. The molecule has 1 aliphatic carbocycles. The molecule has 1 heterocycles. The van der Waals surface area contributed by atoms with Gasteiger partial charge in [0.1, 0.15) is 22.4 Å². The Morgan fingerprint density at radius 1 is 1.30 bits per heavy atom. The largest absolute Gasteiger partial charge is 0.744 e. The second-order valence-electron chi connectivity index (χ2n) is 4.44. The van der Waals surface area contributed by atoms with Crippen LogP contribution in [0.5, 0.6) is 5.75 Å². The molecule has 1 aromatic heterocycles. The second kappa shape index (κ2) is 8.01. The maximum absolute atomic E-state index is 10.4. The Labute approximate surface area is 120 Å². The number of nitrogens with zero attached hydrogens (tertiary/aromatic N) is 1. The van der Waals surface area contributed by atoms with Gasteiger partial charge in [0.2, 0.25) is 0 Å². The highest BCUT2D eigenvalue weighted by Gasteiger charge is 2.08. The number of methoxy groups -OCH3 is 1. The molecule has 0 unspecified atom stereocenters. The third kappa shape index (κ3) is 5.71. The normalized spacial score (nSPS) is 14.8. The molecule has 0 radical (unpaired) electrons. The first kappa shape index (κ1) is 16.7. The highest BCUT2D eigenvalue weighted by molar-refractivity contribution is 7.89. The van der Waals surface area contributed by atoms with Crippen molar-refractivity contribution in [2.45, 2.75) is 39.2 Å². The molecule has 0 aromatic carbocycles. The fourth-order valence-corrected chi connectivity index (χ4v) is 2.54. The molecule has 0 saturated carbocycles. The van der Waals surface area contributed by atoms with Crippen LogP contribution in [0.2, 0.25) is 0 Å². The summed E-state index contributed by atoms with van der Waals surface area (Å²) in [7, 11) is -2.44. The average Bonchev–Trinajstić information content (AvgIpc) is 2.48. The average molecular weight is 299 g/mol. The Morgan fingerprint density at radius 2 is 1.95 bits per heavy atom. The SMILES string of the molecule is CC[n+]1ccc(OC)cc1.O=S(=O)([O-])C1=CCCCC1. The summed E-state index contributed by atoms with van der Waals surface area (Å²) in [6.45, 7) is 3.11. The molecule has 20 heavy (non-hydrogen) atoms. The minimum atomic E-state index is -4.11. The molecule has 1 aliphatic rings. The van der Waals surface area contributed by atoms with Crippen molar-refractivity contribution in [2.75, 3.05) is 7.11 Å². The number of aromatic nitrogens is 1. The Balaban J connectivity index is 0.000000200. The van der Waals surface area contributed by atoms with Crippen molar-refractivity contribution in [3.8, 4) is 5.75 Å². The zero-order chi connectivity index (χ0) is 15.0. The highest BCUT2D eigenvalue weighted by Crippen LogP contribution is 2.20. The van der Waals surface area contributed by atoms with E-state index >= 15 is 0 Å². The number of rotatable bonds is 3. The maximum Gasteiger partial charge on any atom is 0.172 e. The van der Waals surface area contributed by atoms with Gasteiger partial charge in [0.15, 0.2) is 12.4 Å². The predicted octanol–water partition coefficient (Wildman–Crippen LogP) is 1.99. The molecular weight excluding hydrogens is 278 g/mol. The number of pyridine rings is 1. The van der Waals surface area contributed by atoms with Gasteiger partial charge in [0.25, 0.3) is 0 Å². The molecule has 0 atom stereocenters. The third-order valence-electron chi connectivity index (χ3n) is 3.03. The van der Waals surface area contributed by atoms with Gasteiger partial charge >= 0.3 is 0 Å². The van der Waals surface area contributed by atoms with Gasteiger partial charge in [0.05, 0.1) is 7.11 Å². The van der Waals surface area contributed by atoms with E-state index in [0.29, 0.717) is 6.42 Å². The molecule has 0 amide bonds. The Hall–Kier alpha value is -1.40. The number of aryl methyl sites for hydroxylation is 1. The molecule has 0 saturated heterocycles. The lowest BCUT2D eigenvalue weighted by atomic mass is 10.1. The Bertz CT molecular complexity index is 512. The zero-order valence-corrected chi connectivity index (χ0v) is 12.7. The fraction of sp³-hybridized carbons (Fsp3) is 0.500. The van der Waals surface area contributed by atoms with Crippen LogP contribution in [0.15, 0.2) is 35.5 Å². The van der Waals surface area contributed by atoms with Crippen molar-refractivity contribution in [3.05, 3.63) is 35.5 Å². The molecule has 6 heteroatoms. The van der Waals surface area contributed by atoms with E-state index in [1.54, 1.807) is 7.11 Å². The van der Waals surface area contributed by atoms with Crippen LogP contribution in [-0.4, -0.2) is 20.1 Å². The van der Waals surface area contributed by atoms with E-state index in [-0.39, 0.29) is 4.91 Å². The summed E-state index contributed by atoms with van der Waals surface area (Å²) in [5.74, 6) is 0.907. The quantitative estimate of drug-likeness (QED) is 0.632. The van der Waals surface area contributed by atoms with Crippen LogP contribution in [0.4, 0.5) is 0 Å². The third-order valence-corrected chi connectivity index (χ3v) is 4.04. The summed E-state index contributed by atoms with van der Waals surface area (Å²) in [6, 6.07) is 3.90. The van der Waals surface area contributed by atoms with Crippen molar-refractivity contribution in [1.29, 1.82) is 0 Å². The van der Waals surface area contributed by atoms with Crippen molar-refractivity contribution >= 4 is 10.1 Å². The van der Waals surface area contributed by atoms with Crippen LogP contribution < -0.4 is 9.30 Å². The minimum Gasteiger partial charge on any atom is -0.744 e. The van der Waals surface area contributed by atoms with E-state index in [4.69, 9.17) is 4.74 Å². The van der Waals surface area contributed by atoms with Gasteiger partial charge < -0.3 is 9.29 Å². The van der Waals surface area contributed by atoms with Crippen molar-refractivity contribution in [2.24, 2.45) is 0 Å². The lowest BCUT2D eigenvalue weighted by molar-refractivity contribution is -0.693. The van der Waals surface area contributed by atoms with Gasteiger partial charge in [-0.1, -0.05) is 6.08 Å². The highest BCUT2D eigenvalue weighted by atomic mass is 32.2. The van der Waals surface area contributed by atoms with Crippen molar-refractivity contribution in [1.82, 2.24) is 0 Å². The van der Waals surface area contributed by atoms with E-state index < -0.39 is 10.1 Å². The standard InChI is InChI=1S/C8H12NO.C6H10O3S/c1-3-9-6-4-8(10-2)5-7-9;7-10(8,9)6-4-2-1-3-5-6/h4-7H,3H2,1-2H3;4H,1-3,5H2,(H,7,8,9)/q+1;/p-1. The van der Waals surface area contributed by atoms with Crippen LogP contribution in [-0.2, 0) is 16.7 Å². The van der Waals surface area contributed by atoms with Gasteiger partial charge in [-0.05, 0) is 32.6 Å². The molecule has 0 fully saturated rings. The number of hydrogen-bond acceptors (Lipinski definition) is 4. The first-order valence-corrected chi connectivity index (χ1v) is 8.06. The van der Waals surface area contributed by atoms with Gasteiger partial charge in [-0.15, -0.1) is 0 Å².